The Morgan fingerprint density at radius 1 is 0.514 bits per heavy atom. The minimum atomic E-state index is -4.66. The van der Waals surface area contributed by atoms with Gasteiger partial charge < -0.3 is 39.1 Å². The summed E-state index contributed by atoms with van der Waals surface area (Å²) in [6, 6.07) is -0.916. The predicted octanol–water partition coefficient (Wildman–Crippen LogP) is 1.64. The van der Waals surface area contributed by atoms with Gasteiger partial charge in [0.1, 0.15) is 0 Å². The molecule has 8 N–H and O–H groups in total. The third-order valence-electron chi connectivity index (χ3n) is 7.05. The van der Waals surface area contributed by atoms with Crippen molar-refractivity contribution >= 4 is 30.7 Å². The van der Waals surface area contributed by atoms with Crippen molar-refractivity contribution in [2.24, 2.45) is 11.8 Å². The minimum absolute atomic E-state index is 0.320. The summed E-state index contributed by atoms with van der Waals surface area (Å²) in [6.45, 7) is -0.766. The lowest BCUT2D eigenvalue weighted by Gasteiger charge is -2.40. The van der Waals surface area contributed by atoms with E-state index in [9.17, 15) is 37.8 Å². The third kappa shape index (κ3) is 11.4. The van der Waals surface area contributed by atoms with Gasteiger partial charge in [0.2, 0.25) is 0 Å². The fraction of sp³-hybridized carbons (Fsp3) is 1.00. The molecule has 0 heterocycles. The van der Waals surface area contributed by atoms with Crippen LogP contribution in [0.4, 0.5) is 0 Å². The molecule has 0 radical (unpaired) electrons. The second kappa shape index (κ2) is 12.6. The van der Waals surface area contributed by atoms with Crippen LogP contribution in [0.2, 0.25) is 0 Å². The van der Waals surface area contributed by atoms with Crippen LogP contribution in [0.3, 0.4) is 0 Å². The molecule has 0 aromatic carbocycles. The van der Waals surface area contributed by atoms with E-state index < -0.39 is 55.1 Å². The van der Waals surface area contributed by atoms with Crippen molar-refractivity contribution in [1.82, 2.24) is 9.34 Å². The van der Waals surface area contributed by atoms with Crippen LogP contribution in [0.1, 0.15) is 57.8 Å². The normalized spacial score (nSPS) is 27.5. The van der Waals surface area contributed by atoms with Crippen molar-refractivity contribution in [3.63, 3.8) is 0 Å². The number of hydrogen-bond acceptors (Lipinski definition) is 4. The number of hydrogen-bond donors (Lipinski definition) is 8. The molecular formula is C17H38N2O12P4. The van der Waals surface area contributed by atoms with Crippen molar-refractivity contribution in [3.8, 4) is 0 Å². The van der Waals surface area contributed by atoms with Crippen LogP contribution in [0.25, 0.3) is 0 Å². The first-order valence-corrected chi connectivity index (χ1v) is 18.3. The average molecular weight is 586 g/mol. The van der Waals surface area contributed by atoms with Gasteiger partial charge in [-0.15, -0.1) is 0 Å². The molecule has 0 atom stereocenters. The smallest absolute Gasteiger partial charge is 0.324 e. The summed E-state index contributed by atoms with van der Waals surface area (Å²) in [5, 5.41) is 0. The fourth-order valence-electron chi connectivity index (χ4n) is 5.35. The van der Waals surface area contributed by atoms with Crippen LogP contribution in [0.5, 0.6) is 0 Å². The van der Waals surface area contributed by atoms with Gasteiger partial charge in [0.05, 0.1) is 12.3 Å². The summed E-state index contributed by atoms with van der Waals surface area (Å²) < 4.78 is 47.9. The topological polar surface area (TPSA) is 237 Å². The van der Waals surface area contributed by atoms with Crippen molar-refractivity contribution in [1.29, 1.82) is 0 Å². The van der Waals surface area contributed by atoms with Crippen molar-refractivity contribution in [3.05, 3.63) is 0 Å². The molecule has 0 aromatic heterocycles. The second-order valence-corrected chi connectivity index (χ2v) is 16.3. The van der Waals surface area contributed by atoms with Crippen LogP contribution in [-0.2, 0) is 18.3 Å². The molecule has 0 aliphatic heterocycles. The van der Waals surface area contributed by atoms with E-state index in [0.29, 0.717) is 63.2 Å². The third-order valence-corrected chi connectivity index (χ3v) is 11.0. The van der Waals surface area contributed by atoms with Crippen molar-refractivity contribution < 1.29 is 57.4 Å². The molecule has 0 aromatic rings. The second-order valence-electron chi connectivity index (χ2n) is 9.71. The highest BCUT2D eigenvalue weighted by molar-refractivity contribution is 7.52. The van der Waals surface area contributed by atoms with E-state index in [4.69, 9.17) is 19.6 Å². The highest BCUT2D eigenvalue weighted by Gasteiger charge is 2.39. The first-order chi connectivity index (χ1) is 15.9. The molecule has 35 heavy (non-hydrogen) atoms. The zero-order valence-corrected chi connectivity index (χ0v) is 23.0. The zero-order valence-electron chi connectivity index (χ0n) is 19.4. The fourth-order valence-corrected chi connectivity index (χ4v) is 8.65. The maximum absolute atomic E-state index is 11.9. The van der Waals surface area contributed by atoms with Crippen LogP contribution in [0, 0.1) is 11.8 Å². The van der Waals surface area contributed by atoms with E-state index in [1.807, 2.05) is 0 Å². The first-order valence-electron chi connectivity index (χ1n) is 11.6. The minimum Gasteiger partial charge on any atom is -0.324 e. The monoisotopic (exact) mass is 586 g/mol. The van der Waals surface area contributed by atoms with Crippen molar-refractivity contribution in [2.75, 3.05) is 25.4 Å². The molecule has 2 aliphatic rings. The molecular weight excluding hydrogens is 548 g/mol. The van der Waals surface area contributed by atoms with Crippen molar-refractivity contribution in [2.45, 2.75) is 69.9 Å². The van der Waals surface area contributed by atoms with E-state index in [1.165, 1.54) is 0 Å². The molecule has 2 fully saturated rings. The molecule has 14 nitrogen and oxygen atoms in total. The molecule has 18 heteroatoms. The molecule has 2 rings (SSSR count). The molecule has 2 aliphatic carbocycles. The summed E-state index contributed by atoms with van der Waals surface area (Å²) >= 11 is 0. The Morgan fingerprint density at radius 2 is 0.800 bits per heavy atom. The van der Waals surface area contributed by atoms with Gasteiger partial charge in [-0.2, -0.15) is 0 Å². The number of rotatable bonds is 12. The molecule has 0 bridgehead atoms. The Labute approximate surface area is 204 Å². The van der Waals surface area contributed by atoms with Crippen LogP contribution < -0.4 is 0 Å². The average Bonchev–Trinajstić information content (AvgIpc) is 2.67. The summed E-state index contributed by atoms with van der Waals surface area (Å²) in [7, 11) is -18.1. The maximum atomic E-state index is 11.9. The van der Waals surface area contributed by atoms with Gasteiger partial charge >= 0.3 is 30.7 Å². The van der Waals surface area contributed by atoms with E-state index in [1.54, 1.807) is 0 Å². The van der Waals surface area contributed by atoms with E-state index in [-0.39, 0.29) is 13.1 Å². The highest BCUT2D eigenvalue weighted by Crippen LogP contribution is 2.49. The van der Waals surface area contributed by atoms with E-state index in [0.717, 1.165) is 15.8 Å². The predicted molar refractivity (Wildman–Crippen MR) is 127 cm³/mol. The Hall–Kier alpha value is 0.520. The Bertz CT molecular complexity index is 796. The molecule has 208 valence electrons. The molecule has 0 saturated heterocycles. The van der Waals surface area contributed by atoms with E-state index >= 15 is 0 Å². The number of nitrogens with zero attached hydrogens (tertiary/aromatic N) is 2. The summed E-state index contributed by atoms with van der Waals surface area (Å²) in [6.07, 6.45) is 4.49. The first kappa shape index (κ1) is 31.7. The van der Waals surface area contributed by atoms with Gasteiger partial charge in [0.15, 0.2) is 0 Å². The maximum Gasteiger partial charge on any atom is 0.403 e. The Kier molecular flexibility index (Phi) is 11.4. The van der Waals surface area contributed by atoms with Gasteiger partial charge in [-0.05, 0) is 69.6 Å². The lowest BCUT2D eigenvalue weighted by Crippen LogP contribution is -2.39. The summed E-state index contributed by atoms with van der Waals surface area (Å²) in [5.74, 6) is 0.640. The highest BCUT2D eigenvalue weighted by atomic mass is 31.2. The van der Waals surface area contributed by atoms with E-state index in [2.05, 4.69) is 0 Å². The van der Waals surface area contributed by atoms with Crippen LogP contribution in [0.15, 0.2) is 0 Å². The molecule has 0 amide bonds. The zero-order chi connectivity index (χ0) is 26.7. The lowest BCUT2D eigenvalue weighted by molar-refractivity contribution is 0.141. The Balaban J connectivity index is 1.85. The van der Waals surface area contributed by atoms with Gasteiger partial charge in [-0.1, -0.05) is 0 Å². The SMILES string of the molecule is O=P(O)(O)CCN(C1CCC(CC2CCC(N(CCP(=O)(O)O)P(=O)(O)O)CC2)CC1)P(=O)(O)O. The van der Waals surface area contributed by atoms with Crippen LogP contribution >= 0.6 is 30.7 Å². The molecule has 0 spiro atoms. The lowest BCUT2D eigenvalue weighted by atomic mass is 9.75. The van der Waals surface area contributed by atoms with Gasteiger partial charge in [-0.25, -0.2) is 18.5 Å². The molecule has 0 unspecified atom stereocenters. The van der Waals surface area contributed by atoms with Gasteiger partial charge in [0, 0.05) is 25.2 Å². The quantitative estimate of drug-likeness (QED) is 0.152. The molecule has 2 saturated carbocycles. The van der Waals surface area contributed by atoms with Crippen LogP contribution in [-0.4, -0.2) is 86.0 Å². The largest absolute Gasteiger partial charge is 0.403 e. The Morgan fingerprint density at radius 3 is 1.03 bits per heavy atom. The standard InChI is InChI=1S/C17H38N2O12P4/c20-32(21,22)11-9-18(34(26,27)28)16-5-1-14(2-6-16)13-15-3-7-17(8-4-15)19(35(29,30)31)10-12-33(23,24)25/h14-17H,1-13H2,(H2,20,21,22)(H2,23,24,25)(H2,26,27,28)(H2,29,30,31). The summed E-state index contributed by atoms with van der Waals surface area (Å²) in [4.78, 5) is 74.9. The van der Waals surface area contributed by atoms with Gasteiger partial charge in [0.25, 0.3) is 0 Å². The van der Waals surface area contributed by atoms with Gasteiger partial charge in [-0.3, -0.25) is 9.13 Å². The summed E-state index contributed by atoms with van der Waals surface area (Å²) in [5.41, 5.74) is 0.